The molecule has 2 atom stereocenters. The predicted molar refractivity (Wildman–Crippen MR) is 175 cm³/mol. The Morgan fingerprint density at radius 3 is 1.26 bits per heavy atom. The molecule has 0 unspecified atom stereocenters. The molecule has 2 fully saturated rings. The number of Topliss-reactive ketones (excluding diaryl/α,β-unsaturated/α-hetero) is 2. The Morgan fingerprint density at radius 1 is 0.581 bits per heavy atom. The van der Waals surface area contributed by atoms with Gasteiger partial charge in [-0.3, -0.25) is 9.59 Å². The molecule has 2 aliphatic rings. The highest BCUT2D eigenvalue weighted by Gasteiger charge is 2.32. The standard InChI is InChI=1S/C37H54N2O4/c1-3-25-42-34-17-13-30(14-18-34)36(40)32(28-38-21-9-5-6-10-22-38)27-33(29-39-23-11-7-8-12-24-39)37(41)31-15-19-35(20-16-31)43-26-4-2/h13-20,32-33H,3-12,21-29H2,1-2H3/t32-,33-/m0/s1. The van der Waals surface area contributed by atoms with Crippen molar-refractivity contribution < 1.29 is 19.1 Å². The van der Waals surface area contributed by atoms with Crippen LogP contribution >= 0.6 is 0 Å². The minimum absolute atomic E-state index is 0.142. The molecule has 0 bridgehead atoms. The minimum atomic E-state index is -0.242. The highest BCUT2D eigenvalue weighted by molar-refractivity contribution is 6.00. The normalized spacial score (nSPS) is 18.3. The van der Waals surface area contributed by atoms with E-state index in [0.717, 1.165) is 50.5 Å². The zero-order valence-electron chi connectivity index (χ0n) is 26.7. The van der Waals surface area contributed by atoms with Crippen LogP contribution in [0.1, 0.15) is 105 Å². The van der Waals surface area contributed by atoms with Crippen LogP contribution in [0, 0.1) is 11.8 Å². The fourth-order valence-corrected chi connectivity index (χ4v) is 6.48. The topological polar surface area (TPSA) is 59.1 Å². The molecule has 0 spiro atoms. The molecule has 0 amide bonds. The molecule has 0 aliphatic carbocycles. The van der Waals surface area contributed by atoms with E-state index in [-0.39, 0.29) is 23.4 Å². The zero-order chi connectivity index (χ0) is 30.3. The van der Waals surface area contributed by atoms with E-state index in [9.17, 15) is 9.59 Å². The van der Waals surface area contributed by atoms with E-state index in [0.29, 0.717) is 43.9 Å². The average Bonchev–Trinajstić information content (AvgIpc) is 3.47. The van der Waals surface area contributed by atoms with E-state index in [1.54, 1.807) is 0 Å². The van der Waals surface area contributed by atoms with Gasteiger partial charge < -0.3 is 19.3 Å². The van der Waals surface area contributed by atoms with Crippen molar-refractivity contribution in [3.8, 4) is 11.5 Å². The third-order valence-electron chi connectivity index (χ3n) is 8.89. The summed E-state index contributed by atoms with van der Waals surface area (Å²) in [5, 5.41) is 0. The summed E-state index contributed by atoms with van der Waals surface area (Å²) in [6.45, 7) is 11.0. The van der Waals surface area contributed by atoms with Gasteiger partial charge in [0.15, 0.2) is 11.6 Å². The molecule has 6 nitrogen and oxygen atoms in total. The number of carbonyl (C=O) groups excluding carboxylic acids is 2. The highest BCUT2D eigenvalue weighted by atomic mass is 16.5. The van der Waals surface area contributed by atoms with Gasteiger partial charge in [0.25, 0.3) is 0 Å². The van der Waals surface area contributed by atoms with Crippen molar-refractivity contribution in [2.75, 3.05) is 52.5 Å². The lowest BCUT2D eigenvalue weighted by Gasteiger charge is -2.31. The van der Waals surface area contributed by atoms with E-state index in [2.05, 4.69) is 23.6 Å². The molecular weight excluding hydrogens is 536 g/mol. The second-order valence-corrected chi connectivity index (χ2v) is 12.5. The van der Waals surface area contributed by atoms with Crippen molar-refractivity contribution in [1.29, 1.82) is 0 Å². The van der Waals surface area contributed by atoms with Crippen LogP contribution in [0.2, 0.25) is 0 Å². The summed E-state index contributed by atoms with van der Waals surface area (Å²) in [5.41, 5.74) is 1.42. The number of likely N-dealkylation sites (tertiary alicyclic amines) is 2. The lowest BCUT2D eigenvalue weighted by molar-refractivity contribution is 0.0775. The maximum atomic E-state index is 14.2. The smallest absolute Gasteiger partial charge is 0.167 e. The van der Waals surface area contributed by atoms with Gasteiger partial charge in [0.2, 0.25) is 0 Å². The molecule has 0 aromatic heterocycles. The van der Waals surface area contributed by atoms with Gasteiger partial charge in [0.1, 0.15) is 11.5 Å². The first-order chi connectivity index (χ1) is 21.1. The molecule has 2 aromatic carbocycles. The van der Waals surface area contributed by atoms with Crippen LogP contribution in [0.3, 0.4) is 0 Å². The lowest BCUT2D eigenvalue weighted by atomic mass is 9.83. The number of carbonyl (C=O) groups is 2. The molecule has 2 aliphatic heterocycles. The number of rotatable bonds is 16. The number of ketones is 2. The Kier molecular flexibility index (Phi) is 14.0. The summed E-state index contributed by atoms with van der Waals surface area (Å²) in [5.74, 6) is 1.39. The van der Waals surface area contributed by atoms with Crippen LogP contribution < -0.4 is 9.47 Å². The molecular formula is C37H54N2O4. The van der Waals surface area contributed by atoms with Crippen LogP contribution in [-0.2, 0) is 0 Å². The molecule has 0 N–H and O–H groups in total. The lowest BCUT2D eigenvalue weighted by Crippen LogP contribution is -2.39. The zero-order valence-corrected chi connectivity index (χ0v) is 26.7. The van der Waals surface area contributed by atoms with Crippen molar-refractivity contribution in [2.24, 2.45) is 11.8 Å². The van der Waals surface area contributed by atoms with Gasteiger partial charge in [0, 0.05) is 36.1 Å². The molecule has 2 aromatic rings. The van der Waals surface area contributed by atoms with Gasteiger partial charge in [-0.05, 0) is 120 Å². The average molecular weight is 591 g/mol. The van der Waals surface area contributed by atoms with Gasteiger partial charge >= 0.3 is 0 Å². The molecule has 2 heterocycles. The second-order valence-electron chi connectivity index (χ2n) is 12.5. The first kappa shape index (κ1) is 33.2. The summed E-state index contributed by atoms with van der Waals surface area (Å²) in [4.78, 5) is 33.4. The largest absolute Gasteiger partial charge is 0.494 e. The molecule has 0 saturated carbocycles. The summed E-state index contributed by atoms with van der Waals surface area (Å²) in [7, 11) is 0. The third-order valence-corrected chi connectivity index (χ3v) is 8.89. The van der Waals surface area contributed by atoms with Crippen LogP contribution in [-0.4, -0.2) is 73.8 Å². The number of ether oxygens (including phenoxy) is 2. The Labute approximate surface area is 260 Å². The van der Waals surface area contributed by atoms with E-state index in [1.807, 2.05) is 48.5 Å². The number of hydrogen-bond acceptors (Lipinski definition) is 6. The fraction of sp³-hybridized carbons (Fsp3) is 0.622. The summed E-state index contributed by atoms with van der Waals surface area (Å²) < 4.78 is 11.6. The molecule has 236 valence electrons. The minimum Gasteiger partial charge on any atom is -0.494 e. The molecule has 4 rings (SSSR count). The van der Waals surface area contributed by atoms with Gasteiger partial charge in [0.05, 0.1) is 13.2 Å². The SMILES string of the molecule is CCCOc1ccc(C(=O)[C@@H](C[C@@H](CN2CCCCCC2)C(=O)c2ccc(OCCC)cc2)CN2CCCCCC2)cc1. The summed E-state index contributed by atoms with van der Waals surface area (Å²) in [6, 6.07) is 15.3. The Morgan fingerprint density at radius 2 is 0.930 bits per heavy atom. The maximum absolute atomic E-state index is 14.2. The monoisotopic (exact) mass is 590 g/mol. The van der Waals surface area contributed by atoms with Gasteiger partial charge in [-0.1, -0.05) is 39.5 Å². The number of benzene rings is 2. The van der Waals surface area contributed by atoms with Crippen molar-refractivity contribution in [1.82, 2.24) is 9.80 Å². The first-order valence-electron chi connectivity index (χ1n) is 17.1. The highest BCUT2D eigenvalue weighted by Crippen LogP contribution is 2.27. The summed E-state index contributed by atoms with van der Waals surface area (Å²) in [6.07, 6.45) is 12.2. The van der Waals surface area contributed by atoms with Gasteiger partial charge in [-0.25, -0.2) is 0 Å². The van der Waals surface area contributed by atoms with Gasteiger partial charge in [-0.15, -0.1) is 0 Å². The molecule has 0 radical (unpaired) electrons. The molecule has 2 saturated heterocycles. The van der Waals surface area contributed by atoms with E-state index in [4.69, 9.17) is 9.47 Å². The van der Waals surface area contributed by atoms with Crippen molar-refractivity contribution in [3.05, 3.63) is 59.7 Å². The van der Waals surface area contributed by atoms with Crippen LogP contribution in [0.15, 0.2) is 48.5 Å². The van der Waals surface area contributed by atoms with Crippen molar-refractivity contribution >= 4 is 11.6 Å². The Hall–Kier alpha value is -2.70. The van der Waals surface area contributed by atoms with Crippen LogP contribution in [0.25, 0.3) is 0 Å². The van der Waals surface area contributed by atoms with E-state index < -0.39 is 0 Å². The quantitative estimate of drug-likeness (QED) is 0.187. The molecule has 43 heavy (non-hydrogen) atoms. The number of nitrogens with zero attached hydrogens (tertiary/aromatic N) is 2. The van der Waals surface area contributed by atoms with E-state index >= 15 is 0 Å². The van der Waals surface area contributed by atoms with Crippen molar-refractivity contribution in [3.63, 3.8) is 0 Å². The summed E-state index contributed by atoms with van der Waals surface area (Å²) >= 11 is 0. The Bertz CT molecular complexity index is 997. The van der Waals surface area contributed by atoms with Crippen LogP contribution in [0.4, 0.5) is 0 Å². The molecule has 6 heteroatoms. The van der Waals surface area contributed by atoms with E-state index in [1.165, 1.54) is 51.4 Å². The second kappa shape index (κ2) is 18.2. The number of hydrogen-bond donors (Lipinski definition) is 0. The maximum Gasteiger partial charge on any atom is 0.167 e. The Balaban J connectivity index is 1.58. The van der Waals surface area contributed by atoms with Gasteiger partial charge in [-0.2, -0.15) is 0 Å². The van der Waals surface area contributed by atoms with Crippen molar-refractivity contribution in [2.45, 2.75) is 84.5 Å². The predicted octanol–water partition coefficient (Wildman–Crippen LogP) is 7.70. The van der Waals surface area contributed by atoms with Crippen LogP contribution in [0.5, 0.6) is 11.5 Å². The fourth-order valence-electron chi connectivity index (χ4n) is 6.48. The first-order valence-corrected chi connectivity index (χ1v) is 17.1. The third kappa shape index (κ3) is 10.8.